The lowest BCUT2D eigenvalue weighted by molar-refractivity contribution is -0.124. The van der Waals surface area contributed by atoms with Gasteiger partial charge in [-0.1, -0.05) is 91.0 Å². The van der Waals surface area contributed by atoms with Crippen LogP contribution in [0.15, 0.2) is 91.0 Å². The fourth-order valence-electron chi connectivity index (χ4n) is 5.20. The van der Waals surface area contributed by atoms with E-state index in [2.05, 4.69) is 36.4 Å². The van der Waals surface area contributed by atoms with Gasteiger partial charge in [0.15, 0.2) is 0 Å². The first-order chi connectivity index (χ1) is 18.2. The number of benzene rings is 3. The van der Waals surface area contributed by atoms with Gasteiger partial charge < -0.3 is 15.2 Å². The molecule has 1 fully saturated rings. The lowest BCUT2D eigenvalue weighted by atomic mass is 9.84. The second-order valence-corrected chi connectivity index (χ2v) is 11.8. The third-order valence-electron chi connectivity index (χ3n) is 6.78. The zero-order valence-corrected chi connectivity index (χ0v) is 23.2. The molecular weight excluding hydrogens is 496 g/mol. The van der Waals surface area contributed by atoms with Gasteiger partial charge in [0.05, 0.1) is 4.75 Å². The standard InChI is InChI=1S/C31H36N2O4S/c1-30(2,3)37-29(35)33-21-20-25(26(33)27(32)34)28(36-4)38-31(22-14-8-5-9-15-22,23-16-10-6-11-17-23)24-18-12-7-13-19-24/h5-19,25-26,28H,20-21H2,1-4H3,(H2,32,34). The minimum absolute atomic E-state index is 0.328. The van der Waals surface area contributed by atoms with E-state index >= 15 is 0 Å². The Labute approximate surface area is 229 Å². The fourth-order valence-corrected chi connectivity index (χ4v) is 6.92. The van der Waals surface area contributed by atoms with Crippen LogP contribution in [-0.2, 0) is 19.0 Å². The molecule has 2 N–H and O–H groups in total. The Balaban J connectivity index is 1.80. The Morgan fingerprint density at radius 2 is 1.32 bits per heavy atom. The molecule has 38 heavy (non-hydrogen) atoms. The maximum atomic E-state index is 13.0. The molecule has 4 rings (SSSR count). The van der Waals surface area contributed by atoms with E-state index in [0.717, 1.165) is 16.7 Å². The van der Waals surface area contributed by atoms with Crippen molar-refractivity contribution in [2.45, 2.75) is 49.0 Å². The summed E-state index contributed by atoms with van der Waals surface area (Å²) < 4.78 is 11.1. The van der Waals surface area contributed by atoms with Crippen molar-refractivity contribution in [1.29, 1.82) is 0 Å². The van der Waals surface area contributed by atoms with Gasteiger partial charge in [-0.3, -0.25) is 9.69 Å². The van der Waals surface area contributed by atoms with E-state index < -0.39 is 33.8 Å². The number of primary amides is 1. The Morgan fingerprint density at radius 1 is 0.868 bits per heavy atom. The zero-order valence-electron chi connectivity index (χ0n) is 22.4. The van der Waals surface area contributed by atoms with Crippen LogP contribution in [0.25, 0.3) is 0 Å². The van der Waals surface area contributed by atoms with Crippen molar-refractivity contribution in [3.05, 3.63) is 108 Å². The van der Waals surface area contributed by atoms with Crippen molar-refractivity contribution in [1.82, 2.24) is 4.90 Å². The van der Waals surface area contributed by atoms with Gasteiger partial charge in [0.2, 0.25) is 5.91 Å². The number of thioether (sulfide) groups is 1. The van der Waals surface area contributed by atoms with Crippen LogP contribution < -0.4 is 5.73 Å². The molecule has 1 aliphatic rings. The Bertz CT molecular complexity index is 1120. The molecule has 7 heteroatoms. The first-order valence-corrected chi connectivity index (χ1v) is 13.7. The normalized spacial score (nSPS) is 18.7. The lowest BCUT2D eigenvalue weighted by Crippen LogP contribution is -2.50. The van der Waals surface area contributed by atoms with Crippen LogP contribution in [0.1, 0.15) is 43.9 Å². The summed E-state index contributed by atoms with van der Waals surface area (Å²) in [6.07, 6.45) is 0.0244. The van der Waals surface area contributed by atoms with E-state index in [0.29, 0.717) is 13.0 Å². The van der Waals surface area contributed by atoms with Crippen molar-refractivity contribution >= 4 is 23.8 Å². The summed E-state index contributed by atoms with van der Waals surface area (Å²) in [6.45, 7) is 5.78. The van der Waals surface area contributed by atoms with Crippen LogP contribution in [0, 0.1) is 5.92 Å². The molecule has 3 unspecified atom stereocenters. The molecule has 3 aromatic carbocycles. The van der Waals surface area contributed by atoms with Crippen molar-refractivity contribution in [2.24, 2.45) is 11.7 Å². The first-order valence-electron chi connectivity index (χ1n) is 12.8. The monoisotopic (exact) mass is 532 g/mol. The average Bonchev–Trinajstić information content (AvgIpc) is 3.36. The van der Waals surface area contributed by atoms with Crippen LogP contribution in [0.3, 0.4) is 0 Å². The van der Waals surface area contributed by atoms with Gasteiger partial charge in [0.25, 0.3) is 0 Å². The molecule has 0 aliphatic carbocycles. The third kappa shape index (κ3) is 5.74. The summed E-state index contributed by atoms with van der Waals surface area (Å²) in [6, 6.07) is 30.1. The van der Waals surface area contributed by atoms with Crippen molar-refractivity contribution in [3.8, 4) is 0 Å². The van der Waals surface area contributed by atoms with Gasteiger partial charge in [-0.15, -0.1) is 11.8 Å². The number of carbonyl (C=O) groups is 2. The first kappa shape index (κ1) is 27.7. The van der Waals surface area contributed by atoms with Gasteiger partial charge in [-0.2, -0.15) is 0 Å². The molecule has 0 radical (unpaired) electrons. The summed E-state index contributed by atoms with van der Waals surface area (Å²) in [5, 5.41) is 0. The molecule has 0 bridgehead atoms. The fraction of sp³-hybridized carbons (Fsp3) is 0.355. The molecule has 0 saturated carbocycles. The van der Waals surface area contributed by atoms with Crippen LogP contribution in [0.5, 0.6) is 0 Å². The maximum Gasteiger partial charge on any atom is 0.410 e. The van der Waals surface area contributed by atoms with E-state index in [1.165, 1.54) is 4.90 Å². The highest BCUT2D eigenvalue weighted by Crippen LogP contribution is 2.52. The smallest absolute Gasteiger partial charge is 0.410 e. The van der Waals surface area contributed by atoms with Crippen molar-refractivity contribution in [2.75, 3.05) is 13.7 Å². The highest BCUT2D eigenvalue weighted by molar-refractivity contribution is 8.01. The summed E-state index contributed by atoms with van der Waals surface area (Å²) in [5.41, 5.74) is 8.03. The number of hydrogen-bond donors (Lipinski definition) is 1. The molecule has 3 aromatic rings. The molecule has 6 nitrogen and oxygen atoms in total. The number of rotatable bonds is 8. The number of ether oxygens (including phenoxy) is 2. The average molecular weight is 533 g/mol. The molecule has 1 aliphatic heterocycles. The molecule has 1 saturated heterocycles. The Kier molecular flexibility index (Phi) is 8.48. The van der Waals surface area contributed by atoms with Crippen LogP contribution >= 0.6 is 11.8 Å². The second-order valence-electron chi connectivity index (χ2n) is 10.5. The highest BCUT2D eigenvalue weighted by Gasteiger charge is 2.49. The highest BCUT2D eigenvalue weighted by atomic mass is 32.2. The number of carbonyl (C=O) groups excluding carboxylic acids is 2. The molecule has 2 amide bonds. The third-order valence-corrected chi connectivity index (χ3v) is 8.61. The predicted molar refractivity (Wildman–Crippen MR) is 152 cm³/mol. The Morgan fingerprint density at radius 3 is 1.68 bits per heavy atom. The predicted octanol–water partition coefficient (Wildman–Crippen LogP) is 5.80. The van der Waals surface area contributed by atoms with Crippen LogP contribution in [-0.4, -0.2) is 47.6 Å². The SMILES string of the molecule is COC(SC(c1ccccc1)(c1ccccc1)c1ccccc1)C1CCN(C(=O)OC(C)(C)C)C1C(N)=O. The van der Waals surface area contributed by atoms with E-state index in [9.17, 15) is 9.59 Å². The van der Waals surface area contributed by atoms with E-state index in [1.807, 2.05) is 54.6 Å². The number of hydrogen-bond acceptors (Lipinski definition) is 5. The number of amides is 2. The number of likely N-dealkylation sites (tertiary alicyclic amines) is 1. The topological polar surface area (TPSA) is 81.9 Å². The van der Waals surface area contributed by atoms with Gasteiger partial charge in [0, 0.05) is 19.6 Å². The number of nitrogens with two attached hydrogens (primary N) is 1. The van der Waals surface area contributed by atoms with Gasteiger partial charge in [0.1, 0.15) is 17.1 Å². The van der Waals surface area contributed by atoms with E-state index in [1.54, 1.807) is 39.6 Å². The molecular formula is C31H36N2O4S. The maximum absolute atomic E-state index is 13.0. The largest absolute Gasteiger partial charge is 0.444 e. The van der Waals surface area contributed by atoms with E-state index in [-0.39, 0.29) is 5.92 Å². The summed E-state index contributed by atoms with van der Waals surface area (Å²) in [7, 11) is 1.65. The molecule has 1 heterocycles. The summed E-state index contributed by atoms with van der Waals surface area (Å²) in [5.74, 6) is -0.892. The van der Waals surface area contributed by atoms with Gasteiger partial charge in [-0.25, -0.2) is 4.79 Å². The number of methoxy groups -OCH3 is 1. The van der Waals surface area contributed by atoms with E-state index in [4.69, 9.17) is 15.2 Å². The summed E-state index contributed by atoms with van der Waals surface area (Å²) >= 11 is 1.63. The molecule has 200 valence electrons. The lowest BCUT2D eigenvalue weighted by Gasteiger charge is -2.40. The zero-order chi connectivity index (χ0) is 27.3. The van der Waals surface area contributed by atoms with Gasteiger partial charge >= 0.3 is 6.09 Å². The van der Waals surface area contributed by atoms with Crippen molar-refractivity contribution in [3.63, 3.8) is 0 Å². The van der Waals surface area contributed by atoms with Crippen molar-refractivity contribution < 1.29 is 19.1 Å². The minimum Gasteiger partial charge on any atom is -0.444 e. The van der Waals surface area contributed by atoms with Crippen LogP contribution in [0.2, 0.25) is 0 Å². The molecule has 0 aromatic heterocycles. The quantitative estimate of drug-likeness (QED) is 0.293. The Hall–Kier alpha value is -3.29. The van der Waals surface area contributed by atoms with Gasteiger partial charge in [-0.05, 0) is 43.9 Å². The minimum atomic E-state index is -0.845. The number of nitrogens with zero attached hydrogens (tertiary/aromatic N) is 1. The molecule has 3 atom stereocenters. The molecule has 0 spiro atoms. The summed E-state index contributed by atoms with van der Waals surface area (Å²) in [4.78, 5) is 27.3. The second kappa shape index (κ2) is 11.6. The van der Waals surface area contributed by atoms with Crippen LogP contribution in [0.4, 0.5) is 4.79 Å².